The molecule has 0 spiro atoms. The molecule has 0 saturated carbocycles. The van der Waals surface area contributed by atoms with Crippen LogP contribution in [0.1, 0.15) is 20.8 Å². The van der Waals surface area contributed by atoms with Crippen LogP contribution in [-0.4, -0.2) is 30.0 Å². The highest BCUT2D eigenvalue weighted by Crippen LogP contribution is 2.33. The highest BCUT2D eigenvalue weighted by atomic mass is 16.6. The number of rotatable bonds is 3. The summed E-state index contributed by atoms with van der Waals surface area (Å²) < 4.78 is 11.0. The molecule has 1 aliphatic heterocycles. The first-order valence-corrected chi connectivity index (χ1v) is 5.85. The molecule has 94 valence electrons. The predicted octanol–water partition coefficient (Wildman–Crippen LogP) is 2.03. The van der Waals surface area contributed by atoms with Crippen molar-refractivity contribution in [3.63, 3.8) is 0 Å². The van der Waals surface area contributed by atoms with Crippen molar-refractivity contribution in [2.75, 3.05) is 18.5 Å². The lowest BCUT2D eigenvalue weighted by Crippen LogP contribution is -2.39. The Hall–Kier alpha value is -1.42. The monoisotopic (exact) mass is 237 g/mol. The maximum atomic E-state index is 9.87. The van der Waals surface area contributed by atoms with Crippen LogP contribution in [0.5, 0.6) is 11.5 Å². The van der Waals surface area contributed by atoms with Gasteiger partial charge in [-0.1, -0.05) is 0 Å². The van der Waals surface area contributed by atoms with E-state index in [4.69, 9.17) is 9.47 Å². The van der Waals surface area contributed by atoms with Gasteiger partial charge < -0.3 is 19.9 Å². The summed E-state index contributed by atoms with van der Waals surface area (Å²) in [4.78, 5) is 0. The number of nitrogens with one attached hydrogen (secondary N) is 1. The van der Waals surface area contributed by atoms with Crippen molar-refractivity contribution in [1.29, 1.82) is 0 Å². The van der Waals surface area contributed by atoms with Gasteiger partial charge in [0.2, 0.25) is 0 Å². The van der Waals surface area contributed by atoms with Gasteiger partial charge in [0.05, 0.1) is 11.6 Å². The Morgan fingerprint density at radius 1 is 1.24 bits per heavy atom. The van der Waals surface area contributed by atoms with Crippen LogP contribution < -0.4 is 14.8 Å². The Kier molecular flexibility index (Phi) is 3.15. The largest absolute Gasteiger partial charge is 0.486 e. The minimum atomic E-state index is -0.771. The second kappa shape index (κ2) is 4.45. The minimum absolute atomic E-state index is 0.0509. The van der Waals surface area contributed by atoms with Crippen molar-refractivity contribution in [2.24, 2.45) is 0 Å². The van der Waals surface area contributed by atoms with Crippen LogP contribution in [0.25, 0.3) is 0 Å². The van der Waals surface area contributed by atoms with Gasteiger partial charge in [0, 0.05) is 11.8 Å². The van der Waals surface area contributed by atoms with Crippen LogP contribution >= 0.6 is 0 Å². The minimum Gasteiger partial charge on any atom is -0.486 e. The molecule has 4 heteroatoms. The molecule has 17 heavy (non-hydrogen) atoms. The highest BCUT2D eigenvalue weighted by molar-refractivity contribution is 5.55. The van der Waals surface area contributed by atoms with Crippen molar-refractivity contribution in [3.05, 3.63) is 18.2 Å². The van der Waals surface area contributed by atoms with E-state index >= 15 is 0 Å². The molecule has 2 N–H and O–H groups in total. The van der Waals surface area contributed by atoms with E-state index in [9.17, 15) is 5.11 Å². The molecular formula is C13H19NO3. The van der Waals surface area contributed by atoms with Gasteiger partial charge in [0.25, 0.3) is 0 Å². The molecule has 2 rings (SSSR count). The van der Waals surface area contributed by atoms with Crippen molar-refractivity contribution >= 4 is 5.69 Å². The van der Waals surface area contributed by atoms with Crippen LogP contribution in [0.3, 0.4) is 0 Å². The smallest absolute Gasteiger partial charge is 0.163 e. The molecule has 1 aromatic rings. The van der Waals surface area contributed by atoms with Crippen molar-refractivity contribution in [1.82, 2.24) is 0 Å². The standard InChI is InChI=1S/C13H19NO3/c1-9(13(2,3)15)14-10-4-5-11-12(8-10)17-7-6-16-11/h4-5,8-9,14-15H,6-7H2,1-3H3. The number of anilines is 1. The van der Waals surface area contributed by atoms with Gasteiger partial charge in [0.15, 0.2) is 11.5 Å². The number of fused-ring (bicyclic) bond motifs is 1. The number of ether oxygens (including phenoxy) is 2. The summed E-state index contributed by atoms with van der Waals surface area (Å²) in [5.74, 6) is 1.53. The van der Waals surface area contributed by atoms with Gasteiger partial charge in [-0.15, -0.1) is 0 Å². The zero-order valence-electron chi connectivity index (χ0n) is 10.5. The Labute approximate surface area is 102 Å². The quantitative estimate of drug-likeness (QED) is 0.844. The SMILES string of the molecule is CC(Nc1ccc2c(c1)OCCO2)C(C)(C)O. The molecule has 0 fully saturated rings. The molecule has 0 radical (unpaired) electrons. The van der Waals surface area contributed by atoms with Crippen LogP contribution in [0.15, 0.2) is 18.2 Å². The summed E-state index contributed by atoms with van der Waals surface area (Å²) in [6.07, 6.45) is 0. The normalized spacial score (nSPS) is 16.5. The van der Waals surface area contributed by atoms with E-state index < -0.39 is 5.60 Å². The molecule has 1 aliphatic rings. The number of hydrogen-bond donors (Lipinski definition) is 2. The van der Waals surface area contributed by atoms with Gasteiger partial charge in [-0.25, -0.2) is 0 Å². The molecule has 4 nitrogen and oxygen atoms in total. The van der Waals surface area contributed by atoms with Gasteiger partial charge in [-0.05, 0) is 32.9 Å². The number of aliphatic hydroxyl groups is 1. The topological polar surface area (TPSA) is 50.7 Å². The predicted molar refractivity (Wildman–Crippen MR) is 66.8 cm³/mol. The first kappa shape index (κ1) is 12.0. The molecule has 1 atom stereocenters. The molecule has 0 aromatic heterocycles. The van der Waals surface area contributed by atoms with Gasteiger partial charge in [0.1, 0.15) is 13.2 Å². The highest BCUT2D eigenvalue weighted by Gasteiger charge is 2.22. The molecule has 0 bridgehead atoms. The summed E-state index contributed by atoms with van der Waals surface area (Å²) in [5, 5.41) is 13.1. The summed E-state index contributed by atoms with van der Waals surface area (Å²) in [5.41, 5.74) is 0.150. The van der Waals surface area contributed by atoms with E-state index in [2.05, 4.69) is 5.32 Å². The van der Waals surface area contributed by atoms with E-state index in [1.807, 2.05) is 25.1 Å². The summed E-state index contributed by atoms with van der Waals surface area (Å²) >= 11 is 0. The van der Waals surface area contributed by atoms with E-state index in [1.54, 1.807) is 13.8 Å². The van der Waals surface area contributed by atoms with E-state index in [0.717, 1.165) is 17.2 Å². The summed E-state index contributed by atoms with van der Waals surface area (Å²) in [7, 11) is 0. The molecule has 1 heterocycles. The third-order valence-electron chi connectivity index (χ3n) is 2.99. The zero-order chi connectivity index (χ0) is 12.5. The van der Waals surface area contributed by atoms with Gasteiger partial charge >= 0.3 is 0 Å². The summed E-state index contributed by atoms with van der Waals surface area (Å²) in [6.45, 7) is 6.68. The lowest BCUT2D eigenvalue weighted by atomic mass is 10.0. The lowest BCUT2D eigenvalue weighted by Gasteiger charge is -2.28. The number of benzene rings is 1. The maximum absolute atomic E-state index is 9.87. The van der Waals surface area contributed by atoms with Gasteiger partial charge in [-0.2, -0.15) is 0 Å². The van der Waals surface area contributed by atoms with E-state index in [1.165, 1.54) is 0 Å². The number of hydrogen-bond acceptors (Lipinski definition) is 4. The average molecular weight is 237 g/mol. The van der Waals surface area contributed by atoms with Crippen LogP contribution in [0, 0.1) is 0 Å². The maximum Gasteiger partial charge on any atom is 0.163 e. The molecule has 0 amide bonds. The fourth-order valence-electron chi connectivity index (χ4n) is 1.56. The Balaban J connectivity index is 2.12. The molecule has 0 aliphatic carbocycles. The van der Waals surface area contributed by atoms with Crippen molar-refractivity contribution in [2.45, 2.75) is 32.4 Å². The van der Waals surface area contributed by atoms with E-state index in [-0.39, 0.29) is 6.04 Å². The first-order chi connectivity index (χ1) is 7.97. The third-order valence-corrected chi connectivity index (χ3v) is 2.99. The fourth-order valence-corrected chi connectivity index (χ4v) is 1.56. The molecule has 1 unspecified atom stereocenters. The first-order valence-electron chi connectivity index (χ1n) is 5.85. The third kappa shape index (κ3) is 2.82. The molecule has 0 saturated heterocycles. The Morgan fingerprint density at radius 2 is 1.88 bits per heavy atom. The lowest BCUT2D eigenvalue weighted by molar-refractivity contribution is 0.0649. The molecular weight excluding hydrogens is 218 g/mol. The Morgan fingerprint density at radius 3 is 2.53 bits per heavy atom. The summed E-state index contributed by atoms with van der Waals surface area (Å²) in [6, 6.07) is 5.66. The second-order valence-electron chi connectivity index (χ2n) is 4.88. The fraction of sp³-hybridized carbons (Fsp3) is 0.538. The zero-order valence-corrected chi connectivity index (χ0v) is 10.5. The van der Waals surface area contributed by atoms with Crippen molar-refractivity contribution < 1.29 is 14.6 Å². The van der Waals surface area contributed by atoms with Crippen LogP contribution in [-0.2, 0) is 0 Å². The second-order valence-corrected chi connectivity index (χ2v) is 4.88. The Bertz CT molecular complexity index is 398. The van der Waals surface area contributed by atoms with Crippen LogP contribution in [0.2, 0.25) is 0 Å². The van der Waals surface area contributed by atoms with E-state index in [0.29, 0.717) is 13.2 Å². The van der Waals surface area contributed by atoms with Gasteiger partial charge in [-0.3, -0.25) is 0 Å². The van der Waals surface area contributed by atoms with Crippen LogP contribution in [0.4, 0.5) is 5.69 Å². The molecule has 1 aromatic carbocycles. The average Bonchev–Trinajstić information content (AvgIpc) is 2.27. The van der Waals surface area contributed by atoms with Crippen molar-refractivity contribution in [3.8, 4) is 11.5 Å².